The lowest BCUT2D eigenvalue weighted by molar-refractivity contribution is 0.270. The van der Waals surface area contributed by atoms with Crippen LogP contribution in [0, 0.1) is 5.95 Å². The van der Waals surface area contributed by atoms with E-state index in [1.54, 1.807) is 23.7 Å². The van der Waals surface area contributed by atoms with E-state index in [4.69, 9.17) is 9.72 Å². The van der Waals surface area contributed by atoms with Gasteiger partial charge in [-0.3, -0.25) is 9.55 Å². The first-order valence-corrected chi connectivity index (χ1v) is 11.4. The second kappa shape index (κ2) is 8.59. The molecule has 3 aromatic heterocycles. The van der Waals surface area contributed by atoms with E-state index >= 15 is 0 Å². The molecule has 8 heteroatoms. The molecule has 1 fully saturated rings. The molecule has 0 unspecified atom stereocenters. The Hall–Kier alpha value is -3.26. The van der Waals surface area contributed by atoms with Crippen LogP contribution in [-0.4, -0.2) is 51.7 Å². The van der Waals surface area contributed by atoms with Gasteiger partial charge in [0.25, 0.3) is 0 Å². The number of rotatable bonds is 7. The number of halogens is 1. The Labute approximate surface area is 191 Å². The molecular formula is C25H28FN5O2. The number of imidazole rings is 1. The number of H-pyrrole nitrogens is 1. The highest BCUT2D eigenvalue weighted by Crippen LogP contribution is 2.40. The first kappa shape index (κ1) is 21.6. The Morgan fingerprint density at radius 3 is 2.73 bits per heavy atom. The summed E-state index contributed by atoms with van der Waals surface area (Å²) in [6.07, 6.45) is 4.20. The van der Waals surface area contributed by atoms with Crippen LogP contribution in [-0.2, 0) is 7.05 Å². The van der Waals surface area contributed by atoms with Crippen molar-refractivity contribution in [3.05, 3.63) is 52.5 Å². The maximum Gasteiger partial charge on any atom is 0.326 e. The number of nitrogens with one attached hydrogen (secondary N) is 1. The van der Waals surface area contributed by atoms with Gasteiger partial charge in [0.15, 0.2) is 0 Å². The maximum atomic E-state index is 14.9. The molecule has 3 heterocycles. The van der Waals surface area contributed by atoms with Gasteiger partial charge < -0.3 is 14.6 Å². The number of hydrogen-bond donors (Lipinski definition) is 1. The van der Waals surface area contributed by atoms with E-state index in [1.165, 1.54) is 6.42 Å². The number of aromatic amines is 1. The average molecular weight is 450 g/mol. The van der Waals surface area contributed by atoms with E-state index in [9.17, 15) is 9.18 Å². The van der Waals surface area contributed by atoms with Crippen LogP contribution in [0.15, 0.2) is 35.1 Å². The number of hydrogen-bond acceptors (Lipinski definition) is 5. The summed E-state index contributed by atoms with van der Waals surface area (Å²) in [6, 6.07) is 9.00. The van der Waals surface area contributed by atoms with Crippen molar-refractivity contribution in [2.45, 2.75) is 31.6 Å². The third-order valence-corrected chi connectivity index (χ3v) is 6.48. The third kappa shape index (κ3) is 3.99. The minimum absolute atomic E-state index is 0.172. The van der Waals surface area contributed by atoms with Crippen molar-refractivity contribution in [3.63, 3.8) is 0 Å². The zero-order chi connectivity index (χ0) is 23.1. The zero-order valence-corrected chi connectivity index (χ0v) is 19.2. The van der Waals surface area contributed by atoms with Crippen LogP contribution in [0.4, 0.5) is 4.39 Å². The van der Waals surface area contributed by atoms with Crippen LogP contribution in [0.25, 0.3) is 33.1 Å². The number of fused-ring (bicyclic) bond motifs is 3. The van der Waals surface area contributed by atoms with Gasteiger partial charge in [-0.25, -0.2) is 4.79 Å². The van der Waals surface area contributed by atoms with E-state index in [1.807, 2.05) is 32.3 Å². The molecule has 5 rings (SSSR count). The third-order valence-electron chi connectivity index (χ3n) is 6.48. The maximum absolute atomic E-state index is 14.9. The summed E-state index contributed by atoms with van der Waals surface area (Å²) in [4.78, 5) is 26.4. The lowest BCUT2D eigenvalue weighted by atomic mass is 9.82. The predicted octanol–water partition coefficient (Wildman–Crippen LogP) is 4.21. The lowest BCUT2D eigenvalue weighted by Crippen LogP contribution is -2.16. The van der Waals surface area contributed by atoms with Gasteiger partial charge in [-0.1, -0.05) is 12.5 Å². The molecule has 1 saturated carbocycles. The highest BCUT2D eigenvalue weighted by molar-refractivity contribution is 6.04. The Morgan fingerprint density at radius 1 is 1.21 bits per heavy atom. The summed E-state index contributed by atoms with van der Waals surface area (Å²) in [5.74, 6) is 0.0681. The highest BCUT2D eigenvalue weighted by Gasteiger charge is 2.26. The van der Waals surface area contributed by atoms with Gasteiger partial charge in [-0.15, -0.1) is 0 Å². The molecule has 1 aliphatic carbocycles. The standard InChI is InChI=1S/C25H28FN5O2/c1-30(2)12-5-13-33-20-11-9-17(24(26)28-20)16-8-10-19-18(14-16)22-23(31(3)25(32)29-22)21(27-19)15-6-4-7-15/h8-11,14-15H,4-7,12-13H2,1-3H3,(H,29,32). The quantitative estimate of drug-likeness (QED) is 0.338. The van der Waals surface area contributed by atoms with Crippen molar-refractivity contribution in [3.8, 4) is 17.0 Å². The van der Waals surface area contributed by atoms with Crippen LogP contribution in [0.1, 0.15) is 37.3 Å². The smallest absolute Gasteiger partial charge is 0.326 e. The van der Waals surface area contributed by atoms with Gasteiger partial charge in [0.1, 0.15) is 0 Å². The molecule has 0 spiro atoms. The van der Waals surface area contributed by atoms with E-state index in [0.29, 0.717) is 23.7 Å². The number of aryl methyl sites for hydroxylation is 1. The molecule has 33 heavy (non-hydrogen) atoms. The van der Waals surface area contributed by atoms with E-state index in [0.717, 1.165) is 53.4 Å². The summed E-state index contributed by atoms with van der Waals surface area (Å²) in [5.41, 5.74) is 4.25. The van der Waals surface area contributed by atoms with E-state index in [-0.39, 0.29) is 11.6 Å². The Bertz CT molecular complexity index is 1390. The first-order valence-electron chi connectivity index (χ1n) is 11.4. The summed E-state index contributed by atoms with van der Waals surface area (Å²) >= 11 is 0. The molecule has 1 N–H and O–H groups in total. The highest BCUT2D eigenvalue weighted by atomic mass is 19.1. The van der Waals surface area contributed by atoms with E-state index < -0.39 is 5.95 Å². The Morgan fingerprint density at radius 2 is 2.03 bits per heavy atom. The number of ether oxygens (including phenoxy) is 1. The minimum Gasteiger partial charge on any atom is -0.478 e. The van der Waals surface area contributed by atoms with Gasteiger partial charge in [0, 0.05) is 36.5 Å². The average Bonchev–Trinajstić information content (AvgIpc) is 3.05. The van der Waals surface area contributed by atoms with Crippen LogP contribution in [0.5, 0.6) is 5.88 Å². The van der Waals surface area contributed by atoms with Crippen LogP contribution < -0.4 is 10.4 Å². The van der Waals surface area contributed by atoms with Gasteiger partial charge in [-0.2, -0.15) is 9.37 Å². The Balaban J connectivity index is 1.51. The molecule has 0 bridgehead atoms. The van der Waals surface area contributed by atoms with Crippen molar-refractivity contribution in [1.82, 2.24) is 24.4 Å². The second-order valence-electron chi connectivity index (χ2n) is 9.06. The number of aromatic nitrogens is 4. The van der Waals surface area contributed by atoms with Crippen molar-refractivity contribution in [2.24, 2.45) is 7.05 Å². The van der Waals surface area contributed by atoms with Crippen LogP contribution in [0.3, 0.4) is 0 Å². The van der Waals surface area contributed by atoms with Crippen LogP contribution in [0.2, 0.25) is 0 Å². The predicted molar refractivity (Wildman–Crippen MR) is 127 cm³/mol. The monoisotopic (exact) mass is 449 g/mol. The summed E-state index contributed by atoms with van der Waals surface area (Å²) in [5, 5.41) is 0.798. The molecule has 4 aromatic rings. The SMILES string of the molecule is CN(C)CCCOc1ccc(-c2ccc3nc(C4CCC4)c4c([nH]c(=O)n4C)c3c2)c(F)n1. The Kier molecular flexibility index (Phi) is 5.62. The first-order chi connectivity index (χ1) is 15.9. The zero-order valence-electron chi connectivity index (χ0n) is 19.2. The van der Waals surface area contributed by atoms with Gasteiger partial charge in [-0.05, 0) is 57.1 Å². The summed E-state index contributed by atoms with van der Waals surface area (Å²) in [6.45, 7) is 1.37. The van der Waals surface area contributed by atoms with Crippen LogP contribution >= 0.6 is 0 Å². The molecule has 0 atom stereocenters. The van der Waals surface area contributed by atoms with Gasteiger partial charge in [0.05, 0.1) is 28.9 Å². The van der Waals surface area contributed by atoms with Crippen molar-refractivity contribution in [2.75, 3.05) is 27.2 Å². The fourth-order valence-electron chi connectivity index (χ4n) is 4.44. The molecule has 1 aliphatic rings. The van der Waals surface area contributed by atoms with Crippen molar-refractivity contribution >= 4 is 21.9 Å². The molecule has 0 aliphatic heterocycles. The molecular weight excluding hydrogens is 421 g/mol. The topological polar surface area (TPSA) is 76.0 Å². The molecule has 1 aromatic carbocycles. The largest absolute Gasteiger partial charge is 0.478 e. The minimum atomic E-state index is -0.587. The van der Waals surface area contributed by atoms with Crippen molar-refractivity contribution < 1.29 is 9.13 Å². The molecule has 172 valence electrons. The number of nitrogens with zero attached hydrogens (tertiary/aromatic N) is 4. The summed E-state index contributed by atoms with van der Waals surface area (Å²) < 4.78 is 22.1. The van der Waals surface area contributed by atoms with Gasteiger partial charge >= 0.3 is 5.69 Å². The normalized spacial score (nSPS) is 14.3. The number of benzene rings is 1. The second-order valence-corrected chi connectivity index (χ2v) is 9.06. The fraction of sp³-hybridized carbons (Fsp3) is 0.400. The molecule has 0 radical (unpaired) electrons. The lowest BCUT2D eigenvalue weighted by Gasteiger charge is -2.26. The van der Waals surface area contributed by atoms with E-state index in [2.05, 4.69) is 14.9 Å². The molecule has 0 saturated heterocycles. The van der Waals surface area contributed by atoms with Crippen molar-refractivity contribution in [1.29, 1.82) is 0 Å². The number of pyridine rings is 2. The molecule has 7 nitrogen and oxygen atoms in total. The molecule has 0 amide bonds. The fourth-order valence-corrected chi connectivity index (χ4v) is 4.44. The van der Waals surface area contributed by atoms with Gasteiger partial charge in [0.2, 0.25) is 11.8 Å². The summed E-state index contributed by atoms with van der Waals surface area (Å²) in [7, 11) is 5.76.